The summed E-state index contributed by atoms with van der Waals surface area (Å²) in [5.41, 5.74) is 12.0. The molecular formula is C13H21Cl2N3O3. The molecule has 1 aromatic carbocycles. The minimum Gasteiger partial charge on any atom is -0.480 e. The van der Waals surface area contributed by atoms with Crippen molar-refractivity contribution < 1.29 is 14.7 Å². The lowest BCUT2D eigenvalue weighted by Crippen LogP contribution is -2.32. The number of hydrogen-bond acceptors (Lipinski definition) is 4. The van der Waals surface area contributed by atoms with Gasteiger partial charge in [-0.3, -0.25) is 9.59 Å². The third kappa shape index (κ3) is 7.87. The number of benzene rings is 1. The van der Waals surface area contributed by atoms with Crippen molar-refractivity contribution in [3.63, 3.8) is 0 Å². The number of halogens is 2. The Balaban J connectivity index is 0. The molecule has 6 N–H and O–H groups in total. The van der Waals surface area contributed by atoms with Crippen LogP contribution in [0.3, 0.4) is 0 Å². The lowest BCUT2D eigenvalue weighted by molar-refractivity contribution is -0.138. The lowest BCUT2D eigenvalue weighted by atomic mass is 10.0. The second-order valence-corrected chi connectivity index (χ2v) is 4.25. The molecule has 0 aromatic heterocycles. The number of carbonyl (C=O) groups is 2. The molecular weight excluding hydrogens is 317 g/mol. The molecule has 1 atom stereocenters. The molecule has 0 radical (unpaired) electrons. The van der Waals surface area contributed by atoms with Crippen LogP contribution in [0, 0.1) is 0 Å². The van der Waals surface area contributed by atoms with Gasteiger partial charge >= 0.3 is 5.97 Å². The van der Waals surface area contributed by atoms with E-state index in [4.69, 9.17) is 16.6 Å². The van der Waals surface area contributed by atoms with Gasteiger partial charge in [0.25, 0.3) is 5.91 Å². The summed E-state index contributed by atoms with van der Waals surface area (Å²) >= 11 is 0. The van der Waals surface area contributed by atoms with Gasteiger partial charge in [-0.05, 0) is 37.1 Å². The van der Waals surface area contributed by atoms with Crippen LogP contribution in [-0.4, -0.2) is 36.1 Å². The molecule has 0 bridgehead atoms. The number of carboxylic acids is 1. The van der Waals surface area contributed by atoms with Crippen LogP contribution in [0.5, 0.6) is 0 Å². The fourth-order valence-corrected chi connectivity index (χ4v) is 1.59. The van der Waals surface area contributed by atoms with E-state index < -0.39 is 12.0 Å². The van der Waals surface area contributed by atoms with Crippen molar-refractivity contribution in [2.75, 3.05) is 13.1 Å². The van der Waals surface area contributed by atoms with Crippen molar-refractivity contribution in [3.8, 4) is 0 Å². The van der Waals surface area contributed by atoms with E-state index in [-0.39, 0.29) is 37.1 Å². The molecule has 0 unspecified atom stereocenters. The van der Waals surface area contributed by atoms with Crippen LogP contribution in [0.2, 0.25) is 0 Å². The van der Waals surface area contributed by atoms with E-state index in [0.29, 0.717) is 18.7 Å². The predicted octanol–water partition coefficient (Wildman–Crippen LogP) is 0.563. The van der Waals surface area contributed by atoms with Crippen molar-refractivity contribution in [1.29, 1.82) is 0 Å². The molecule has 120 valence electrons. The molecule has 8 heteroatoms. The summed E-state index contributed by atoms with van der Waals surface area (Å²) in [7, 11) is 0. The zero-order valence-corrected chi connectivity index (χ0v) is 13.1. The fourth-order valence-electron chi connectivity index (χ4n) is 1.59. The maximum absolute atomic E-state index is 11.8. The van der Waals surface area contributed by atoms with Crippen LogP contribution >= 0.6 is 24.8 Å². The first-order valence-corrected chi connectivity index (χ1v) is 6.10. The molecule has 0 saturated carbocycles. The van der Waals surface area contributed by atoms with Crippen LogP contribution in [-0.2, 0) is 11.2 Å². The van der Waals surface area contributed by atoms with Gasteiger partial charge in [0.2, 0.25) is 0 Å². The highest BCUT2D eigenvalue weighted by molar-refractivity contribution is 5.94. The van der Waals surface area contributed by atoms with Gasteiger partial charge < -0.3 is 21.9 Å². The Morgan fingerprint density at radius 1 is 1.29 bits per heavy atom. The number of amides is 1. The monoisotopic (exact) mass is 337 g/mol. The van der Waals surface area contributed by atoms with Crippen LogP contribution in [0.25, 0.3) is 0 Å². The molecule has 0 heterocycles. The summed E-state index contributed by atoms with van der Waals surface area (Å²) < 4.78 is 0. The Kier molecular flexibility index (Phi) is 11.8. The Hall–Kier alpha value is -1.34. The first-order valence-electron chi connectivity index (χ1n) is 6.10. The Morgan fingerprint density at radius 3 is 2.52 bits per heavy atom. The van der Waals surface area contributed by atoms with Gasteiger partial charge in [0.15, 0.2) is 0 Å². The average Bonchev–Trinajstić information content (AvgIpc) is 2.39. The van der Waals surface area contributed by atoms with Gasteiger partial charge in [0.05, 0.1) is 0 Å². The van der Waals surface area contributed by atoms with Gasteiger partial charge in [-0.1, -0.05) is 12.1 Å². The Bertz CT molecular complexity index is 458. The van der Waals surface area contributed by atoms with Gasteiger partial charge in [-0.15, -0.1) is 24.8 Å². The Morgan fingerprint density at radius 2 is 1.95 bits per heavy atom. The van der Waals surface area contributed by atoms with E-state index in [1.807, 2.05) is 0 Å². The quantitative estimate of drug-likeness (QED) is 0.542. The van der Waals surface area contributed by atoms with Crippen molar-refractivity contribution in [2.24, 2.45) is 11.5 Å². The summed E-state index contributed by atoms with van der Waals surface area (Å²) in [5.74, 6) is -1.25. The van der Waals surface area contributed by atoms with Gasteiger partial charge in [0.1, 0.15) is 6.04 Å². The number of rotatable bonds is 7. The highest BCUT2D eigenvalue weighted by atomic mass is 35.5. The number of carboxylic acid groups (broad SMARTS) is 1. The average molecular weight is 338 g/mol. The van der Waals surface area contributed by atoms with Crippen LogP contribution in [0.4, 0.5) is 0 Å². The minimum absolute atomic E-state index is 0. The van der Waals surface area contributed by atoms with Crippen molar-refractivity contribution in [3.05, 3.63) is 35.4 Å². The van der Waals surface area contributed by atoms with Gasteiger partial charge in [-0.25, -0.2) is 0 Å². The van der Waals surface area contributed by atoms with Gasteiger partial charge in [0, 0.05) is 12.1 Å². The largest absolute Gasteiger partial charge is 0.480 e. The molecule has 0 fully saturated rings. The van der Waals surface area contributed by atoms with E-state index in [9.17, 15) is 9.59 Å². The molecule has 0 aliphatic carbocycles. The predicted molar refractivity (Wildman–Crippen MR) is 86.3 cm³/mol. The molecule has 1 aromatic rings. The number of carbonyl (C=O) groups excluding carboxylic acids is 1. The highest BCUT2D eigenvalue weighted by Crippen LogP contribution is 2.07. The molecule has 0 spiro atoms. The summed E-state index contributed by atoms with van der Waals surface area (Å²) in [6, 6.07) is 5.82. The van der Waals surface area contributed by atoms with Crippen LogP contribution in [0.1, 0.15) is 22.3 Å². The van der Waals surface area contributed by atoms with E-state index >= 15 is 0 Å². The first-order chi connectivity index (χ1) is 9.04. The fraction of sp³-hybridized carbons (Fsp3) is 0.385. The topological polar surface area (TPSA) is 118 Å². The molecule has 21 heavy (non-hydrogen) atoms. The first kappa shape index (κ1) is 21.9. The normalized spacial score (nSPS) is 10.8. The second-order valence-electron chi connectivity index (χ2n) is 4.25. The summed E-state index contributed by atoms with van der Waals surface area (Å²) in [6.45, 7) is 1.04. The number of aliphatic carboxylic acids is 1. The zero-order chi connectivity index (χ0) is 14.3. The molecule has 0 saturated heterocycles. The van der Waals surface area contributed by atoms with Crippen molar-refractivity contribution in [2.45, 2.75) is 18.9 Å². The van der Waals surface area contributed by atoms with Crippen molar-refractivity contribution >= 4 is 36.7 Å². The zero-order valence-electron chi connectivity index (χ0n) is 11.5. The molecule has 1 rings (SSSR count). The van der Waals surface area contributed by atoms with Crippen LogP contribution in [0.15, 0.2) is 24.3 Å². The number of nitrogens with two attached hydrogens (primary N) is 2. The number of hydrogen-bond donors (Lipinski definition) is 4. The molecule has 1 amide bonds. The van der Waals surface area contributed by atoms with E-state index in [1.165, 1.54) is 0 Å². The smallest absolute Gasteiger partial charge is 0.320 e. The maximum Gasteiger partial charge on any atom is 0.320 e. The lowest BCUT2D eigenvalue weighted by Gasteiger charge is -2.08. The maximum atomic E-state index is 11.8. The SMILES string of the molecule is Cl.Cl.NCCCNC(=O)c1cccc(C[C@H](N)C(=O)O)c1. The standard InChI is InChI=1S/C13H19N3O3.2ClH/c14-5-2-6-16-12(17)10-4-1-3-9(7-10)8-11(15)13(18)19;;/h1,3-4,7,11H,2,5-6,8,14-15H2,(H,16,17)(H,18,19);2*1H/t11-;;/m0../s1. The third-order valence-electron chi connectivity index (χ3n) is 2.63. The highest BCUT2D eigenvalue weighted by Gasteiger charge is 2.13. The summed E-state index contributed by atoms with van der Waals surface area (Å²) in [4.78, 5) is 22.5. The molecule has 6 nitrogen and oxygen atoms in total. The van der Waals surface area contributed by atoms with Gasteiger partial charge in [-0.2, -0.15) is 0 Å². The summed E-state index contributed by atoms with van der Waals surface area (Å²) in [5, 5.41) is 11.5. The minimum atomic E-state index is -1.06. The number of nitrogens with one attached hydrogen (secondary N) is 1. The molecule has 0 aliphatic rings. The van der Waals surface area contributed by atoms with E-state index in [1.54, 1.807) is 24.3 Å². The molecule has 0 aliphatic heterocycles. The van der Waals surface area contributed by atoms with E-state index in [2.05, 4.69) is 5.32 Å². The third-order valence-corrected chi connectivity index (χ3v) is 2.63. The van der Waals surface area contributed by atoms with Crippen LogP contribution < -0.4 is 16.8 Å². The Labute approximate surface area is 136 Å². The summed E-state index contributed by atoms with van der Waals surface area (Å²) in [6.07, 6.45) is 0.911. The van der Waals surface area contributed by atoms with E-state index in [0.717, 1.165) is 12.0 Å². The second kappa shape index (κ2) is 11.3. The van der Waals surface area contributed by atoms with Crippen molar-refractivity contribution in [1.82, 2.24) is 5.32 Å².